The SMILES string of the molecule is Cc1ccc(N2CC(C(=O)NCCCN3CCN(c4ncccn4)CC3)CC2=O)c(F)c1. The van der Waals surface area contributed by atoms with Gasteiger partial charge in [-0.15, -0.1) is 0 Å². The largest absolute Gasteiger partial charge is 0.356 e. The van der Waals surface area contributed by atoms with E-state index in [2.05, 4.69) is 25.1 Å². The standard InChI is InChI=1S/C23H29FN6O2/c1-17-4-5-20(19(24)14-17)30-16-18(15-21(30)31)22(32)25-8-3-9-28-10-12-29(13-11-28)23-26-6-2-7-27-23/h2,4-7,14,18H,3,8-13,15-16H2,1H3,(H,25,32). The maximum absolute atomic E-state index is 14.2. The summed E-state index contributed by atoms with van der Waals surface area (Å²) in [4.78, 5) is 39.4. The first-order valence-corrected chi connectivity index (χ1v) is 11.1. The number of anilines is 2. The van der Waals surface area contributed by atoms with Crippen LogP contribution in [0.25, 0.3) is 0 Å². The van der Waals surface area contributed by atoms with Gasteiger partial charge in [-0.3, -0.25) is 14.5 Å². The molecule has 170 valence electrons. The molecule has 1 aromatic heterocycles. The number of amides is 2. The average molecular weight is 441 g/mol. The number of hydrogen-bond acceptors (Lipinski definition) is 6. The van der Waals surface area contributed by atoms with Crippen LogP contribution in [0.4, 0.5) is 16.0 Å². The molecule has 1 N–H and O–H groups in total. The molecule has 1 unspecified atom stereocenters. The smallest absolute Gasteiger partial charge is 0.227 e. The number of carbonyl (C=O) groups excluding carboxylic acids is 2. The lowest BCUT2D eigenvalue weighted by molar-refractivity contribution is -0.126. The first-order chi connectivity index (χ1) is 15.5. The molecule has 9 heteroatoms. The summed E-state index contributed by atoms with van der Waals surface area (Å²) in [5, 5.41) is 2.95. The number of nitrogens with zero attached hydrogens (tertiary/aromatic N) is 5. The van der Waals surface area contributed by atoms with Crippen molar-refractivity contribution in [2.75, 3.05) is 55.6 Å². The van der Waals surface area contributed by atoms with Gasteiger partial charge in [-0.25, -0.2) is 14.4 Å². The van der Waals surface area contributed by atoms with E-state index in [9.17, 15) is 14.0 Å². The number of hydrogen-bond donors (Lipinski definition) is 1. The Morgan fingerprint density at radius 3 is 2.66 bits per heavy atom. The maximum atomic E-state index is 14.2. The minimum Gasteiger partial charge on any atom is -0.356 e. The van der Waals surface area contributed by atoms with Gasteiger partial charge in [0.15, 0.2) is 0 Å². The number of piperazine rings is 1. The topological polar surface area (TPSA) is 81.7 Å². The van der Waals surface area contributed by atoms with Gasteiger partial charge in [0, 0.05) is 58.1 Å². The second-order valence-electron chi connectivity index (χ2n) is 8.38. The number of nitrogens with one attached hydrogen (secondary N) is 1. The van der Waals surface area contributed by atoms with Crippen LogP contribution in [0.1, 0.15) is 18.4 Å². The van der Waals surface area contributed by atoms with Gasteiger partial charge in [0.2, 0.25) is 17.8 Å². The third kappa shape index (κ3) is 5.21. The summed E-state index contributed by atoms with van der Waals surface area (Å²) in [6, 6.07) is 6.59. The zero-order chi connectivity index (χ0) is 22.5. The summed E-state index contributed by atoms with van der Waals surface area (Å²) in [6.45, 7) is 7.10. The molecule has 2 saturated heterocycles. The van der Waals surface area contributed by atoms with Gasteiger partial charge in [0.05, 0.1) is 11.6 Å². The molecule has 0 bridgehead atoms. The number of rotatable bonds is 7. The first-order valence-electron chi connectivity index (χ1n) is 11.1. The molecule has 2 fully saturated rings. The van der Waals surface area contributed by atoms with Crippen LogP contribution in [-0.4, -0.2) is 72.5 Å². The van der Waals surface area contributed by atoms with Crippen LogP contribution in [0.5, 0.6) is 0 Å². The lowest BCUT2D eigenvalue weighted by Gasteiger charge is -2.34. The fraction of sp³-hybridized carbons (Fsp3) is 0.478. The van der Waals surface area contributed by atoms with Crippen molar-refractivity contribution >= 4 is 23.5 Å². The van der Waals surface area contributed by atoms with Gasteiger partial charge in [0.25, 0.3) is 0 Å². The number of benzene rings is 1. The molecule has 32 heavy (non-hydrogen) atoms. The third-order valence-electron chi connectivity index (χ3n) is 6.05. The zero-order valence-corrected chi connectivity index (χ0v) is 18.3. The Labute approximate surface area is 187 Å². The van der Waals surface area contributed by atoms with E-state index in [-0.39, 0.29) is 30.5 Å². The molecule has 4 rings (SSSR count). The van der Waals surface area contributed by atoms with Gasteiger partial charge in [-0.2, -0.15) is 0 Å². The summed E-state index contributed by atoms with van der Waals surface area (Å²) in [7, 11) is 0. The Morgan fingerprint density at radius 2 is 1.94 bits per heavy atom. The van der Waals surface area contributed by atoms with E-state index in [4.69, 9.17) is 0 Å². The highest BCUT2D eigenvalue weighted by atomic mass is 19.1. The number of aromatic nitrogens is 2. The molecule has 1 aromatic carbocycles. The summed E-state index contributed by atoms with van der Waals surface area (Å²) >= 11 is 0. The molecule has 2 aliphatic rings. The summed E-state index contributed by atoms with van der Waals surface area (Å²) in [5.74, 6) is -0.464. The van der Waals surface area contributed by atoms with Crippen molar-refractivity contribution in [3.8, 4) is 0 Å². The highest BCUT2D eigenvalue weighted by Crippen LogP contribution is 2.28. The third-order valence-corrected chi connectivity index (χ3v) is 6.05. The minimum atomic E-state index is -0.447. The van der Waals surface area contributed by atoms with E-state index in [1.807, 2.05) is 6.07 Å². The van der Waals surface area contributed by atoms with Crippen molar-refractivity contribution in [2.24, 2.45) is 5.92 Å². The van der Waals surface area contributed by atoms with Crippen LogP contribution in [0.15, 0.2) is 36.7 Å². The predicted octanol–water partition coefficient (Wildman–Crippen LogP) is 1.61. The van der Waals surface area contributed by atoms with Gasteiger partial charge >= 0.3 is 0 Å². The van der Waals surface area contributed by atoms with Gasteiger partial charge in [0.1, 0.15) is 5.82 Å². The highest BCUT2D eigenvalue weighted by molar-refractivity contribution is 6.00. The number of aryl methyl sites for hydroxylation is 1. The van der Waals surface area contributed by atoms with Crippen molar-refractivity contribution in [3.63, 3.8) is 0 Å². The molecule has 1 atom stereocenters. The van der Waals surface area contributed by atoms with E-state index in [0.717, 1.165) is 50.7 Å². The quantitative estimate of drug-likeness (QED) is 0.659. The average Bonchev–Trinajstić information content (AvgIpc) is 3.19. The van der Waals surface area contributed by atoms with Crippen molar-refractivity contribution in [1.29, 1.82) is 0 Å². The Bertz CT molecular complexity index is 949. The van der Waals surface area contributed by atoms with Gasteiger partial charge < -0.3 is 15.1 Å². The lowest BCUT2D eigenvalue weighted by Crippen LogP contribution is -2.47. The van der Waals surface area contributed by atoms with Crippen LogP contribution in [0.3, 0.4) is 0 Å². The molecule has 3 heterocycles. The maximum Gasteiger partial charge on any atom is 0.227 e. The van der Waals surface area contributed by atoms with Crippen molar-refractivity contribution < 1.29 is 14.0 Å². The van der Waals surface area contributed by atoms with Crippen molar-refractivity contribution in [3.05, 3.63) is 48.0 Å². The van der Waals surface area contributed by atoms with E-state index in [1.54, 1.807) is 31.5 Å². The molecule has 0 spiro atoms. The second kappa shape index (κ2) is 10.0. The van der Waals surface area contributed by atoms with Crippen molar-refractivity contribution in [2.45, 2.75) is 19.8 Å². The van der Waals surface area contributed by atoms with Gasteiger partial charge in [-0.1, -0.05) is 6.07 Å². The summed E-state index contributed by atoms with van der Waals surface area (Å²) < 4.78 is 14.2. The number of carbonyl (C=O) groups is 2. The minimum absolute atomic E-state index is 0.114. The summed E-state index contributed by atoms with van der Waals surface area (Å²) in [6.07, 6.45) is 4.46. The van der Waals surface area contributed by atoms with Crippen molar-refractivity contribution in [1.82, 2.24) is 20.2 Å². The normalized spacial score (nSPS) is 19.4. The Kier molecular flexibility index (Phi) is 6.94. The molecular weight excluding hydrogens is 411 g/mol. The Hall–Kier alpha value is -3.07. The second-order valence-corrected chi connectivity index (χ2v) is 8.38. The van der Waals surface area contributed by atoms with Crippen LogP contribution < -0.4 is 15.1 Å². The number of halogens is 1. The van der Waals surface area contributed by atoms with Gasteiger partial charge in [-0.05, 0) is 43.7 Å². The monoisotopic (exact) mass is 440 g/mol. The van der Waals surface area contributed by atoms with E-state index in [1.165, 1.54) is 11.0 Å². The molecule has 8 nitrogen and oxygen atoms in total. The molecular formula is C23H29FN6O2. The zero-order valence-electron chi connectivity index (χ0n) is 18.3. The van der Waals surface area contributed by atoms with Crippen LogP contribution in [-0.2, 0) is 9.59 Å². The van der Waals surface area contributed by atoms with Crippen LogP contribution in [0.2, 0.25) is 0 Å². The van der Waals surface area contributed by atoms with E-state index < -0.39 is 11.7 Å². The molecule has 2 aromatic rings. The van der Waals surface area contributed by atoms with Crippen LogP contribution >= 0.6 is 0 Å². The van der Waals surface area contributed by atoms with E-state index in [0.29, 0.717) is 6.54 Å². The summed E-state index contributed by atoms with van der Waals surface area (Å²) in [5.41, 5.74) is 1.04. The predicted molar refractivity (Wildman–Crippen MR) is 120 cm³/mol. The Morgan fingerprint density at radius 1 is 1.19 bits per heavy atom. The lowest BCUT2D eigenvalue weighted by atomic mass is 10.1. The fourth-order valence-electron chi connectivity index (χ4n) is 4.23. The first kappa shape index (κ1) is 22.1. The van der Waals surface area contributed by atoms with E-state index >= 15 is 0 Å². The highest BCUT2D eigenvalue weighted by Gasteiger charge is 2.36. The Balaban J connectivity index is 1.17. The van der Waals surface area contributed by atoms with Crippen LogP contribution in [0, 0.1) is 18.7 Å². The molecule has 0 radical (unpaired) electrons. The molecule has 0 saturated carbocycles. The molecule has 2 amide bonds. The molecule has 0 aliphatic carbocycles. The molecule has 2 aliphatic heterocycles. The fourth-order valence-corrected chi connectivity index (χ4v) is 4.23.